The zero-order valence-corrected chi connectivity index (χ0v) is 13.0. The molecule has 112 valence electrons. The molecule has 2 unspecified atom stereocenters. The van der Waals surface area contributed by atoms with Crippen molar-refractivity contribution in [3.63, 3.8) is 0 Å². The lowest BCUT2D eigenvalue weighted by Gasteiger charge is -2.26. The van der Waals surface area contributed by atoms with Gasteiger partial charge in [0.25, 0.3) is 0 Å². The van der Waals surface area contributed by atoms with Crippen molar-refractivity contribution in [2.75, 3.05) is 6.54 Å². The van der Waals surface area contributed by atoms with E-state index in [1.54, 1.807) is 0 Å². The Morgan fingerprint density at radius 3 is 2.90 bits per heavy atom. The van der Waals surface area contributed by atoms with Crippen LogP contribution in [-0.4, -0.2) is 12.6 Å². The monoisotopic (exact) mass is 275 g/mol. The maximum absolute atomic E-state index is 6.10. The Balaban J connectivity index is 1.78. The smallest absolute Gasteiger partial charge is 0.0720 e. The van der Waals surface area contributed by atoms with E-state index in [4.69, 9.17) is 4.74 Å². The first-order valence-electron chi connectivity index (χ1n) is 8.18. The number of ether oxygens (including phenoxy) is 1. The van der Waals surface area contributed by atoms with E-state index in [1.807, 2.05) is 0 Å². The summed E-state index contributed by atoms with van der Waals surface area (Å²) in [6.45, 7) is 7.35. The molecule has 0 heterocycles. The van der Waals surface area contributed by atoms with Crippen LogP contribution >= 0.6 is 0 Å². The maximum Gasteiger partial charge on any atom is 0.0720 e. The molecule has 0 amide bonds. The van der Waals surface area contributed by atoms with Gasteiger partial charge in [-0.25, -0.2) is 0 Å². The van der Waals surface area contributed by atoms with Gasteiger partial charge in [0, 0.05) is 6.54 Å². The average Bonchev–Trinajstić information content (AvgIpc) is 2.46. The fraction of sp³-hybridized carbons (Fsp3) is 0.667. The molecular weight excluding hydrogens is 246 g/mol. The van der Waals surface area contributed by atoms with Crippen molar-refractivity contribution in [2.24, 2.45) is 5.92 Å². The van der Waals surface area contributed by atoms with Crippen LogP contribution in [0.4, 0.5) is 0 Å². The van der Waals surface area contributed by atoms with Crippen LogP contribution in [0.1, 0.15) is 57.1 Å². The fourth-order valence-electron chi connectivity index (χ4n) is 2.98. The molecule has 1 aliphatic carbocycles. The molecule has 1 N–H and O–H groups in total. The highest BCUT2D eigenvalue weighted by Crippen LogP contribution is 2.26. The van der Waals surface area contributed by atoms with Crippen LogP contribution in [0.3, 0.4) is 0 Å². The molecule has 0 aliphatic heterocycles. The summed E-state index contributed by atoms with van der Waals surface area (Å²) in [6, 6.07) is 8.78. The fourth-order valence-corrected chi connectivity index (χ4v) is 2.98. The van der Waals surface area contributed by atoms with E-state index in [9.17, 15) is 0 Å². The average molecular weight is 275 g/mol. The van der Waals surface area contributed by atoms with Gasteiger partial charge >= 0.3 is 0 Å². The second-order valence-corrected chi connectivity index (χ2v) is 6.20. The minimum absolute atomic E-state index is 0.473. The van der Waals surface area contributed by atoms with Crippen LogP contribution < -0.4 is 5.32 Å². The summed E-state index contributed by atoms with van der Waals surface area (Å²) in [7, 11) is 0. The van der Waals surface area contributed by atoms with Crippen LogP contribution in [0.25, 0.3) is 0 Å². The van der Waals surface area contributed by atoms with Gasteiger partial charge in [0.15, 0.2) is 0 Å². The molecule has 1 aliphatic rings. The van der Waals surface area contributed by atoms with Gasteiger partial charge < -0.3 is 10.1 Å². The lowest BCUT2D eigenvalue weighted by Crippen LogP contribution is -2.21. The molecule has 0 spiro atoms. The van der Waals surface area contributed by atoms with Crippen molar-refractivity contribution in [2.45, 2.75) is 65.2 Å². The molecule has 0 radical (unpaired) electrons. The van der Waals surface area contributed by atoms with Gasteiger partial charge in [0.2, 0.25) is 0 Å². The summed E-state index contributed by atoms with van der Waals surface area (Å²) in [5.41, 5.74) is 2.66. The standard InChI is InChI=1S/C18H29NO/c1-3-10-19-13-16-7-5-8-17(12-16)14-20-18-9-4-6-15(2)11-18/h5,7-8,12,15,18-19H,3-4,6,9-11,13-14H2,1-2H3. The van der Waals surface area contributed by atoms with E-state index in [-0.39, 0.29) is 0 Å². The van der Waals surface area contributed by atoms with Crippen LogP contribution in [0.15, 0.2) is 24.3 Å². The highest BCUT2D eigenvalue weighted by atomic mass is 16.5. The Hall–Kier alpha value is -0.860. The van der Waals surface area contributed by atoms with E-state index in [0.29, 0.717) is 6.10 Å². The van der Waals surface area contributed by atoms with Crippen LogP contribution in [-0.2, 0) is 17.9 Å². The minimum atomic E-state index is 0.473. The van der Waals surface area contributed by atoms with E-state index < -0.39 is 0 Å². The molecule has 1 fully saturated rings. The molecule has 1 aromatic rings. The number of rotatable bonds is 7. The van der Waals surface area contributed by atoms with Gasteiger partial charge in [-0.05, 0) is 42.9 Å². The summed E-state index contributed by atoms with van der Waals surface area (Å²) < 4.78 is 6.10. The van der Waals surface area contributed by atoms with Gasteiger partial charge in [0.1, 0.15) is 0 Å². The lowest BCUT2D eigenvalue weighted by molar-refractivity contribution is 0.00464. The highest BCUT2D eigenvalue weighted by Gasteiger charge is 2.19. The van der Waals surface area contributed by atoms with E-state index in [0.717, 1.165) is 25.6 Å². The number of hydrogen-bond acceptors (Lipinski definition) is 2. The second kappa shape index (κ2) is 8.43. The SMILES string of the molecule is CCCNCc1cccc(COC2CCCC(C)C2)c1. The molecule has 0 aromatic heterocycles. The summed E-state index contributed by atoms with van der Waals surface area (Å²) >= 11 is 0. The first-order valence-corrected chi connectivity index (χ1v) is 8.18. The molecule has 1 saturated carbocycles. The van der Waals surface area contributed by atoms with Gasteiger partial charge in [-0.3, -0.25) is 0 Å². The summed E-state index contributed by atoms with van der Waals surface area (Å²) in [5, 5.41) is 3.45. The molecule has 2 nitrogen and oxygen atoms in total. The van der Waals surface area contributed by atoms with Crippen molar-refractivity contribution in [1.82, 2.24) is 5.32 Å². The third kappa shape index (κ3) is 5.26. The molecule has 0 bridgehead atoms. The Labute approximate surface area is 123 Å². The zero-order valence-electron chi connectivity index (χ0n) is 13.0. The Morgan fingerprint density at radius 1 is 1.25 bits per heavy atom. The van der Waals surface area contributed by atoms with Crippen molar-refractivity contribution in [1.29, 1.82) is 0 Å². The maximum atomic E-state index is 6.10. The van der Waals surface area contributed by atoms with Crippen molar-refractivity contribution >= 4 is 0 Å². The molecule has 2 rings (SSSR count). The topological polar surface area (TPSA) is 21.3 Å². The second-order valence-electron chi connectivity index (χ2n) is 6.20. The predicted molar refractivity (Wildman–Crippen MR) is 84.6 cm³/mol. The predicted octanol–water partition coefficient (Wildman–Crippen LogP) is 4.28. The summed E-state index contributed by atoms with van der Waals surface area (Å²) in [5.74, 6) is 0.832. The zero-order chi connectivity index (χ0) is 14.2. The number of hydrogen-bond donors (Lipinski definition) is 1. The first kappa shape index (κ1) is 15.5. The minimum Gasteiger partial charge on any atom is -0.374 e. The quantitative estimate of drug-likeness (QED) is 0.750. The molecule has 2 heteroatoms. The van der Waals surface area contributed by atoms with Crippen molar-refractivity contribution < 1.29 is 4.74 Å². The summed E-state index contributed by atoms with van der Waals surface area (Å²) in [4.78, 5) is 0. The third-order valence-electron chi connectivity index (χ3n) is 4.12. The number of benzene rings is 1. The molecule has 2 atom stereocenters. The Bertz CT molecular complexity index is 391. The van der Waals surface area contributed by atoms with E-state index in [1.165, 1.54) is 43.2 Å². The first-order chi connectivity index (χ1) is 9.78. The van der Waals surface area contributed by atoms with E-state index >= 15 is 0 Å². The Morgan fingerprint density at radius 2 is 2.10 bits per heavy atom. The highest BCUT2D eigenvalue weighted by molar-refractivity contribution is 5.22. The van der Waals surface area contributed by atoms with Crippen LogP contribution in [0.5, 0.6) is 0 Å². The molecular formula is C18H29NO. The van der Waals surface area contributed by atoms with Gasteiger partial charge in [-0.1, -0.05) is 51.0 Å². The number of nitrogens with one attached hydrogen (secondary N) is 1. The van der Waals surface area contributed by atoms with E-state index in [2.05, 4.69) is 43.4 Å². The lowest BCUT2D eigenvalue weighted by atomic mass is 9.89. The van der Waals surface area contributed by atoms with Gasteiger partial charge in [0.05, 0.1) is 12.7 Å². The molecule has 20 heavy (non-hydrogen) atoms. The third-order valence-corrected chi connectivity index (χ3v) is 4.12. The molecule has 0 saturated heterocycles. The van der Waals surface area contributed by atoms with Crippen LogP contribution in [0.2, 0.25) is 0 Å². The van der Waals surface area contributed by atoms with Crippen LogP contribution in [0, 0.1) is 5.92 Å². The Kier molecular flexibility index (Phi) is 6.55. The largest absolute Gasteiger partial charge is 0.374 e. The van der Waals surface area contributed by atoms with Gasteiger partial charge in [-0.15, -0.1) is 0 Å². The van der Waals surface area contributed by atoms with Gasteiger partial charge in [-0.2, -0.15) is 0 Å². The molecule has 1 aromatic carbocycles. The normalized spacial score (nSPS) is 22.9. The van der Waals surface area contributed by atoms with Crippen molar-refractivity contribution in [3.05, 3.63) is 35.4 Å². The summed E-state index contributed by atoms with van der Waals surface area (Å²) in [6.07, 6.45) is 6.83. The van der Waals surface area contributed by atoms with Crippen molar-refractivity contribution in [3.8, 4) is 0 Å².